The maximum atomic E-state index is 8.26. The van der Waals surface area contributed by atoms with Gasteiger partial charge in [-0.2, -0.15) is 4.99 Å². The number of halogens is 1. The van der Waals surface area contributed by atoms with Crippen molar-refractivity contribution in [3.8, 4) is 0 Å². The summed E-state index contributed by atoms with van der Waals surface area (Å²) in [6.45, 7) is -0.125. The Morgan fingerprint density at radius 3 is 2.75 bits per heavy atom. The van der Waals surface area contributed by atoms with E-state index in [0.29, 0.717) is 5.84 Å². The molecule has 1 aliphatic heterocycles. The number of rotatable bonds is 1. The van der Waals surface area contributed by atoms with Crippen LogP contribution in [-0.4, -0.2) is 23.9 Å². The summed E-state index contributed by atoms with van der Waals surface area (Å²) in [6, 6.07) is 0. The minimum Gasteiger partial charge on any atom is -1.00 e. The summed E-state index contributed by atoms with van der Waals surface area (Å²) in [5, 5.41) is 11.7. The Kier molecular flexibility index (Phi) is 3.34. The standard InChI is InChI=1S/C3H4N3O.ClH/c7-1-3-4-2-5-6-3;/h2,7H,1H2;1H/q+1;/p-1. The zero-order chi connectivity index (χ0) is 5.11. The molecule has 0 aromatic heterocycles. The molecule has 0 aromatic carbocycles. The Hall–Kier alpha value is -0.450. The van der Waals surface area contributed by atoms with E-state index in [1.54, 1.807) is 0 Å². The highest BCUT2D eigenvalue weighted by Gasteiger charge is 2.09. The SMILES string of the molecule is OCC1=N[N+]C=N1.[Cl-]. The van der Waals surface area contributed by atoms with E-state index in [1.807, 2.05) is 0 Å². The smallest absolute Gasteiger partial charge is 0.347 e. The number of aliphatic hydroxyl groups is 1. The highest BCUT2D eigenvalue weighted by Crippen LogP contribution is 1.81. The number of hydrogen-bond donors (Lipinski definition) is 1. The van der Waals surface area contributed by atoms with E-state index >= 15 is 0 Å². The molecule has 0 spiro atoms. The Morgan fingerprint density at radius 2 is 2.50 bits per heavy atom. The van der Waals surface area contributed by atoms with Crippen LogP contribution in [0.5, 0.6) is 0 Å². The second kappa shape index (κ2) is 3.54. The van der Waals surface area contributed by atoms with Crippen molar-refractivity contribution >= 4 is 12.2 Å². The van der Waals surface area contributed by atoms with Gasteiger partial charge in [0.2, 0.25) is 5.84 Å². The average Bonchev–Trinajstić information content (AvgIpc) is 2.14. The first-order chi connectivity index (χ1) is 3.43. The molecule has 1 N–H and O–H groups in total. The highest BCUT2D eigenvalue weighted by atomic mass is 35.5. The van der Waals surface area contributed by atoms with E-state index in [0.717, 1.165) is 0 Å². The summed E-state index contributed by atoms with van der Waals surface area (Å²) in [7, 11) is 0. The first-order valence-corrected chi connectivity index (χ1v) is 1.83. The molecule has 5 heteroatoms. The van der Waals surface area contributed by atoms with Crippen molar-refractivity contribution in [2.24, 2.45) is 10.1 Å². The fourth-order valence-corrected chi connectivity index (χ4v) is 0.283. The topological polar surface area (TPSA) is 59.1 Å². The van der Waals surface area contributed by atoms with Crippen LogP contribution >= 0.6 is 0 Å². The van der Waals surface area contributed by atoms with E-state index in [4.69, 9.17) is 5.11 Å². The van der Waals surface area contributed by atoms with Crippen molar-refractivity contribution in [1.82, 2.24) is 5.43 Å². The van der Waals surface area contributed by atoms with Gasteiger partial charge in [0.05, 0.1) is 5.10 Å². The minimum atomic E-state index is -0.125. The molecule has 44 valence electrons. The molecule has 2 radical (unpaired) electrons. The maximum Gasteiger partial charge on any atom is 0.347 e. The normalized spacial score (nSPS) is 15.4. The van der Waals surface area contributed by atoms with Gasteiger partial charge in [0, 0.05) is 0 Å². The van der Waals surface area contributed by atoms with Gasteiger partial charge in [-0.1, -0.05) is 0 Å². The van der Waals surface area contributed by atoms with Gasteiger partial charge in [-0.15, -0.1) is 0 Å². The Morgan fingerprint density at radius 1 is 1.75 bits per heavy atom. The van der Waals surface area contributed by atoms with Gasteiger partial charge in [0.25, 0.3) is 5.43 Å². The van der Waals surface area contributed by atoms with Crippen molar-refractivity contribution in [2.75, 3.05) is 6.61 Å². The first-order valence-electron chi connectivity index (χ1n) is 1.83. The van der Waals surface area contributed by atoms with Gasteiger partial charge in [-0.05, 0) is 0 Å². The number of aliphatic imine (C=N–C) groups is 1. The molecule has 4 nitrogen and oxygen atoms in total. The molecule has 0 amide bonds. The fraction of sp³-hybridized carbons (Fsp3) is 0.333. The van der Waals surface area contributed by atoms with E-state index in [2.05, 4.69) is 15.5 Å². The van der Waals surface area contributed by atoms with Crippen LogP contribution in [0.3, 0.4) is 0 Å². The van der Waals surface area contributed by atoms with Gasteiger partial charge in [-0.25, -0.2) is 0 Å². The lowest BCUT2D eigenvalue weighted by atomic mass is 10.7. The summed E-state index contributed by atoms with van der Waals surface area (Å²) < 4.78 is 0. The van der Waals surface area contributed by atoms with Crippen LogP contribution in [0, 0.1) is 0 Å². The Bertz CT molecular complexity index is 122. The third-order valence-electron chi connectivity index (χ3n) is 0.573. The molecule has 0 saturated carbocycles. The monoisotopic (exact) mass is 133 g/mol. The van der Waals surface area contributed by atoms with E-state index in [-0.39, 0.29) is 19.0 Å². The van der Waals surface area contributed by atoms with E-state index < -0.39 is 0 Å². The van der Waals surface area contributed by atoms with Gasteiger partial charge in [-0.3, -0.25) is 0 Å². The lowest BCUT2D eigenvalue weighted by molar-refractivity contribution is -0.00000238. The summed E-state index contributed by atoms with van der Waals surface area (Å²) >= 11 is 0. The molecule has 0 bridgehead atoms. The molecule has 1 rings (SSSR count). The zero-order valence-corrected chi connectivity index (χ0v) is 4.71. The van der Waals surface area contributed by atoms with Gasteiger partial charge >= 0.3 is 6.34 Å². The lowest BCUT2D eigenvalue weighted by Gasteiger charge is -1.73. The van der Waals surface area contributed by atoms with E-state index in [1.165, 1.54) is 6.34 Å². The highest BCUT2D eigenvalue weighted by molar-refractivity contribution is 5.92. The van der Waals surface area contributed by atoms with Crippen molar-refractivity contribution in [1.29, 1.82) is 0 Å². The summed E-state index contributed by atoms with van der Waals surface area (Å²) in [4.78, 5) is 3.56. The first kappa shape index (κ1) is 7.55. The molecule has 1 heterocycles. The molecule has 0 atom stereocenters. The molecule has 0 aromatic rings. The largest absolute Gasteiger partial charge is 1.00 e. The second-order valence-electron chi connectivity index (χ2n) is 1.03. The molecular weight excluding hydrogens is 130 g/mol. The second-order valence-corrected chi connectivity index (χ2v) is 1.03. The zero-order valence-electron chi connectivity index (χ0n) is 3.95. The van der Waals surface area contributed by atoms with Crippen LogP contribution in [-0.2, 0) is 0 Å². The fourth-order valence-electron chi connectivity index (χ4n) is 0.283. The van der Waals surface area contributed by atoms with Gasteiger partial charge < -0.3 is 17.5 Å². The van der Waals surface area contributed by atoms with Crippen LogP contribution in [0.2, 0.25) is 0 Å². The van der Waals surface area contributed by atoms with Crippen LogP contribution in [0.25, 0.3) is 0 Å². The van der Waals surface area contributed by atoms with Gasteiger partial charge in [0.15, 0.2) is 0 Å². The minimum absolute atomic E-state index is 0. The van der Waals surface area contributed by atoms with Crippen LogP contribution in [0.1, 0.15) is 0 Å². The Balaban J connectivity index is 0.000000490. The quantitative estimate of drug-likeness (QED) is 0.389. The third-order valence-corrected chi connectivity index (χ3v) is 0.573. The predicted octanol–water partition coefficient (Wildman–Crippen LogP) is -4.06. The maximum absolute atomic E-state index is 8.26. The summed E-state index contributed by atoms with van der Waals surface area (Å²) in [6.07, 6.45) is 1.30. The molecule has 0 fully saturated rings. The van der Waals surface area contributed by atoms with Crippen LogP contribution in [0.15, 0.2) is 10.1 Å². The molecule has 0 unspecified atom stereocenters. The van der Waals surface area contributed by atoms with Gasteiger partial charge in [0.1, 0.15) is 6.61 Å². The molecule has 0 saturated heterocycles. The summed E-state index contributed by atoms with van der Waals surface area (Å²) in [5.74, 6) is 0.375. The number of hydrogen-bond acceptors (Lipinski definition) is 3. The number of amidine groups is 1. The predicted molar refractivity (Wildman–Crippen MR) is 25.1 cm³/mol. The van der Waals surface area contributed by atoms with Crippen LogP contribution in [0.4, 0.5) is 0 Å². The van der Waals surface area contributed by atoms with Crippen molar-refractivity contribution in [3.63, 3.8) is 0 Å². The van der Waals surface area contributed by atoms with E-state index in [9.17, 15) is 0 Å². The molecule has 0 aliphatic carbocycles. The molecule has 1 aliphatic rings. The third kappa shape index (κ3) is 1.57. The Labute approximate surface area is 52.7 Å². The summed E-state index contributed by atoms with van der Waals surface area (Å²) in [5.41, 5.74) is 3.37. The van der Waals surface area contributed by atoms with Crippen molar-refractivity contribution in [2.45, 2.75) is 0 Å². The van der Waals surface area contributed by atoms with Crippen molar-refractivity contribution in [3.05, 3.63) is 0 Å². The van der Waals surface area contributed by atoms with Crippen LogP contribution < -0.4 is 17.8 Å². The van der Waals surface area contributed by atoms with Crippen molar-refractivity contribution < 1.29 is 17.5 Å². The molecular formula is C3H4ClN3O. The number of aliphatic hydroxyl groups excluding tert-OH is 1. The lowest BCUT2D eigenvalue weighted by Crippen LogP contribution is -3.00. The number of nitrogens with zero attached hydrogens (tertiary/aromatic N) is 3. The average molecular weight is 134 g/mol. The molecule has 8 heavy (non-hydrogen) atoms.